The molecule has 0 aliphatic heterocycles. The molecule has 0 spiro atoms. The monoisotopic (exact) mass is 291 g/mol. The van der Waals surface area contributed by atoms with E-state index in [2.05, 4.69) is 15.3 Å². The lowest BCUT2D eigenvalue weighted by molar-refractivity contribution is 0.457. The first-order valence-electron chi connectivity index (χ1n) is 6.50. The van der Waals surface area contributed by atoms with Crippen LogP contribution >= 0.6 is 11.6 Å². The summed E-state index contributed by atoms with van der Waals surface area (Å²) in [5.41, 5.74) is 1.09. The molecule has 0 saturated heterocycles. The Balaban J connectivity index is 2.34. The minimum absolute atomic E-state index is 0.221. The third-order valence-corrected chi connectivity index (χ3v) is 3.09. The van der Waals surface area contributed by atoms with Crippen LogP contribution in [0, 0.1) is 6.92 Å². The van der Waals surface area contributed by atoms with E-state index in [1.165, 1.54) is 0 Å². The van der Waals surface area contributed by atoms with Crippen LogP contribution in [-0.2, 0) is 0 Å². The summed E-state index contributed by atoms with van der Waals surface area (Å²) in [6, 6.07) is 7.40. The number of aryl methyl sites for hydroxylation is 1. The lowest BCUT2D eigenvalue weighted by Gasteiger charge is -2.11. The highest BCUT2D eigenvalue weighted by Gasteiger charge is 2.10. The topological polar surface area (TPSA) is 47.0 Å². The Morgan fingerprint density at radius 3 is 2.55 bits per heavy atom. The maximum Gasteiger partial charge on any atom is 0.224 e. The Labute approximate surface area is 124 Å². The van der Waals surface area contributed by atoms with Gasteiger partial charge in [0.15, 0.2) is 0 Å². The van der Waals surface area contributed by atoms with Crippen LogP contribution < -0.4 is 10.1 Å². The number of hydrogen-bond donors (Lipinski definition) is 1. The van der Waals surface area contributed by atoms with Gasteiger partial charge in [0.1, 0.15) is 17.4 Å². The van der Waals surface area contributed by atoms with Gasteiger partial charge in [-0.25, -0.2) is 4.98 Å². The Morgan fingerprint density at radius 1 is 1.20 bits per heavy atom. The number of hydrogen-bond acceptors (Lipinski definition) is 4. The van der Waals surface area contributed by atoms with Crippen LogP contribution in [0.1, 0.15) is 31.2 Å². The molecular formula is C15H18ClN3O. The molecule has 0 fully saturated rings. The van der Waals surface area contributed by atoms with E-state index in [1.54, 1.807) is 6.07 Å². The zero-order valence-corrected chi connectivity index (χ0v) is 12.8. The predicted molar refractivity (Wildman–Crippen MR) is 81.9 cm³/mol. The molecule has 1 aromatic carbocycles. The van der Waals surface area contributed by atoms with Gasteiger partial charge in [-0.2, -0.15) is 4.98 Å². The maximum absolute atomic E-state index is 6.17. The standard InChI is InChI=1S/C15H18ClN3O/c1-9(2)15-18-13(17-4)8-14(19-15)20-12-6-5-10(3)7-11(12)16/h5-9H,1-4H3,(H,17,18,19). The number of aromatic nitrogens is 2. The van der Waals surface area contributed by atoms with E-state index in [0.29, 0.717) is 16.7 Å². The van der Waals surface area contributed by atoms with Crippen molar-refractivity contribution in [3.8, 4) is 11.6 Å². The maximum atomic E-state index is 6.17. The predicted octanol–water partition coefficient (Wildman–Crippen LogP) is 4.40. The fourth-order valence-corrected chi connectivity index (χ4v) is 1.96. The van der Waals surface area contributed by atoms with Crippen molar-refractivity contribution in [3.05, 3.63) is 40.7 Å². The van der Waals surface area contributed by atoms with Crippen LogP contribution in [0.2, 0.25) is 5.02 Å². The molecule has 0 aliphatic rings. The molecule has 5 heteroatoms. The molecule has 0 aliphatic carbocycles. The number of rotatable bonds is 4. The summed E-state index contributed by atoms with van der Waals surface area (Å²) >= 11 is 6.17. The van der Waals surface area contributed by atoms with Crippen molar-refractivity contribution in [2.45, 2.75) is 26.7 Å². The van der Waals surface area contributed by atoms with E-state index < -0.39 is 0 Å². The average Bonchev–Trinajstić information content (AvgIpc) is 2.41. The van der Waals surface area contributed by atoms with Crippen molar-refractivity contribution in [2.24, 2.45) is 0 Å². The minimum atomic E-state index is 0.221. The molecule has 4 nitrogen and oxygen atoms in total. The zero-order valence-electron chi connectivity index (χ0n) is 12.1. The van der Waals surface area contributed by atoms with Crippen molar-refractivity contribution < 1.29 is 4.74 Å². The van der Waals surface area contributed by atoms with Crippen molar-refractivity contribution in [1.29, 1.82) is 0 Å². The van der Waals surface area contributed by atoms with Crippen LogP contribution in [0.4, 0.5) is 5.82 Å². The van der Waals surface area contributed by atoms with E-state index in [9.17, 15) is 0 Å². The van der Waals surface area contributed by atoms with Gasteiger partial charge in [-0.15, -0.1) is 0 Å². The summed E-state index contributed by atoms with van der Waals surface area (Å²) < 4.78 is 5.77. The fraction of sp³-hybridized carbons (Fsp3) is 0.333. The van der Waals surface area contributed by atoms with Crippen LogP contribution in [0.25, 0.3) is 0 Å². The van der Waals surface area contributed by atoms with E-state index in [0.717, 1.165) is 17.2 Å². The molecule has 20 heavy (non-hydrogen) atoms. The van der Waals surface area contributed by atoms with E-state index in [4.69, 9.17) is 16.3 Å². The Morgan fingerprint density at radius 2 is 1.95 bits per heavy atom. The molecule has 0 bridgehead atoms. The second kappa shape index (κ2) is 6.09. The van der Waals surface area contributed by atoms with Gasteiger partial charge >= 0.3 is 0 Å². The summed E-state index contributed by atoms with van der Waals surface area (Å²) in [6.07, 6.45) is 0. The number of ether oxygens (including phenoxy) is 1. The molecule has 0 unspecified atom stereocenters. The average molecular weight is 292 g/mol. The van der Waals surface area contributed by atoms with Crippen LogP contribution in [0.5, 0.6) is 11.6 Å². The number of benzene rings is 1. The van der Waals surface area contributed by atoms with E-state index in [-0.39, 0.29) is 5.92 Å². The summed E-state index contributed by atoms with van der Waals surface area (Å²) in [5, 5.41) is 3.58. The van der Waals surface area contributed by atoms with Gasteiger partial charge in [0.05, 0.1) is 5.02 Å². The van der Waals surface area contributed by atoms with Gasteiger partial charge in [0.25, 0.3) is 0 Å². The quantitative estimate of drug-likeness (QED) is 0.907. The smallest absolute Gasteiger partial charge is 0.224 e. The molecule has 0 radical (unpaired) electrons. The molecule has 106 valence electrons. The van der Waals surface area contributed by atoms with Gasteiger partial charge < -0.3 is 10.1 Å². The van der Waals surface area contributed by atoms with Crippen molar-refractivity contribution in [3.63, 3.8) is 0 Å². The lowest BCUT2D eigenvalue weighted by Crippen LogP contribution is -2.03. The summed E-state index contributed by atoms with van der Waals surface area (Å²) in [6.45, 7) is 6.06. The molecule has 0 saturated carbocycles. The molecule has 1 heterocycles. The first kappa shape index (κ1) is 14.6. The first-order valence-corrected chi connectivity index (χ1v) is 6.88. The molecule has 0 atom stereocenters. The number of anilines is 1. The number of nitrogens with one attached hydrogen (secondary N) is 1. The van der Waals surface area contributed by atoms with Gasteiger partial charge in [-0.1, -0.05) is 31.5 Å². The number of halogens is 1. The van der Waals surface area contributed by atoms with Gasteiger partial charge in [0.2, 0.25) is 5.88 Å². The van der Waals surface area contributed by atoms with Crippen LogP contribution in [0.3, 0.4) is 0 Å². The van der Waals surface area contributed by atoms with Gasteiger partial charge in [-0.3, -0.25) is 0 Å². The van der Waals surface area contributed by atoms with Crippen LogP contribution in [-0.4, -0.2) is 17.0 Å². The Bertz CT molecular complexity index is 614. The van der Waals surface area contributed by atoms with Gasteiger partial charge in [-0.05, 0) is 24.6 Å². The minimum Gasteiger partial charge on any atom is -0.437 e. The third-order valence-electron chi connectivity index (χ3n) is 2.79. The zero-order chi connectivity index (χ0) is 14.7. The second-order valence-electron chi connectivity index (χ2n) is 4.89. The van der Waals surface area contributed by atoms with Gasteiger partial charge in [0, 0.05) is 19.0 Å². The first-order chi connectivity index (χ1) is 9.49. The highest BCUT2D eigenvalue weighted by atomic mass is 35.5. The SMILES string of the molecule is CNc1cc(Oc2ccc(C)cc2Cl)nc(C(C)C)n1. The molecule has 1 aromatic heterocycles. The molecule has 0 amide bonds. The van der Waals surface area contributed by atoms with Crippen molar-refractivity contribution in [2.75, 3.05) is 12.4 Å². The van der Waals surface area contributed by atoms with Crippen molar-refractivity contribution in [1.82, 2.24) is 9.97 Å². The van der Waals surface area contributed by atoms with E-state index in [1.807, 2.05) is 46.0 Å². The summed E-state index contributed by atoms with van der Waals surface area (Å²) in [4.78, 5) is 8.80. The highest BCUT2D eigenvalue weighted by molar-refractivity contribution is 6.32. The second-order valence-corrected chi connectivity index (χ2v) is 5.30. The Hall–Kier alpha value is -1.81. The lowest BCUT2D eigenvalue weighted by atomic mass is 10.2. The Kier molecular flexibility index (Phi) is 4.45. The number of nitrogens with zero attached hydrogens (tertiary/aromatic N) is 2. The molecule has 2 rings (SSSR count). The van der Waals surface area contributed by atoms with E-state index >= 15 is 0 Å². The fourth-order valence-electron chi connectivity index (χ4n) is 1.68. The normalized spacial score (nSPS) is 10.7. The molecular weight excluding hydrogens is 274 g/mol. The van der Waals surface area contributed by atoms with Crippen LogP contribution in [0.15, 0.2) is 24.3 Å². The third kappa shape index (κ3) is 3.39. The highest BCUT2D eigenvalue weighted by Crippen LogP contribution is 2.30. The summed E-state index contributed by atoms with van der Waals surface area (Å²) in [5.74, 6) is 2.75. The molecule has 1 N–H and O–H groups in total. The largest absolute Gasteiger partial charge is 0.437 e. The van der Waals surface area contributed by atoms with Crippen molar-refractivity contribution >= 4 is 17.4 Å². The molecule has 2 aromatic rings. The summed E-state index contributed by atoms with van der Waals surface area (Å²) in [7, 11) is 1.81.